The van der Waals surface area contributed by atoms with Gasteiger partial charge in [0.1, 0.15) is 18.1 Å². The minimum Gasteiger partial charge on any atom is -0.489 e. The van der Waals surface area contributed by atoms with Crippen molar-refractivity contribution in [2.24, 2.45) is 0 Å². The highest BCUT2D eigenvalue weighted by molar-refractivity contribution is 9.10. The number of ether oxygens (including phenoxy) is 2. The first kappa shape index (κ1) is 17.6. The highest BCUT2D eigenvalue weighted by Gasteiger charge is 2.27. The first-order valence-corrected chi connectivity index (χ1v) is 9.40. The van der Waals surface area contributed by atoms with Gasteiger partial charge < -0.3 is 9.47 Å². The van der Waals surface area contributed by atoms with Crippen LogP contribution in [0.5, 0.6) is 11.5 Å². The molecule has 1 aliphatic heterocycles. The van der Waals surface area contributed by atoms with Crippen LogP contribution in [0.4, 0.5) is 0 Å². The third-order valence-corrected chi connectivity index (χ3v) is 4.96. The molecule has 1 aliphatic rings. The number of halogens is 1. The molecule has 1 heterocycles. The standard InChI is InChI=1S/C23H17BrO3/c1-15-4-2-3-5-17(15)12-22-23(25)20-11-10-19(13-21(20)27-22)26-14-16-6-8-18(24)9-7-16/h2-13H,14H2,1H3. The largest absolute Gasteiger partial charge is 0.489 e. The summed E-state index contributed by atoms with van der Waals surface area (Å²) in [4.78, 5) is 12.6. The molecule has 4 heteroatoms. The molecule has 0 bridgehead atoms. The van der Waals surface area contributed by atoms with Gasteiger partial charge in [0, 0.05) is 10.5 Å². The summed E-state index contributed by atoms with van der Waals surface area (Å²) in [6.45, 7) is 2.46. The van der Waals surface area contributed by atoms with E-state index in [4.69, 9.17) is 9.47 Å². The van der Waals surface area contributed by atoms with E-state index in [1.165, 1.54) is 0 Å². The average molecular weight is 421 g/mol. The Balaban J connectivity index is 1.52. The second-order valence-electron chi connectivity index (χ2n) is 6.37. The molecule has 0 amide bonds. The van der Waals surface area contributed by atoms with Crippen molar-refractivity contribution in [3.8, 4) is 11.5 Å². The fourth-order valence-electron chi connectivity index (χ4n) is 2.89. The van der Waals surface area contributed by atoms with E-state index >= 15 is 0 Å². The molecule has 0 N–H and O–H groups in total. The number of carbonyl (C=O) groups excluding carboxylic acids is 1. The van der Waals surface area contributed by atoms with Crippen molar-refractivity contribution in [3.63, 3.8) is 0 Å². The van der Waals surface area contributed by atoms with Crippen LogP contribution in [0.1, 0.15) is 27.0 Å². The van der Waals surface area contributed by atoms with E-state index in [1.54, 1.807) is 24.3 Å². The molecule has 4 rings (SSSR count). The Hall–Kier alpha value is -2.85. The summed E-state index contributed by atoms with van der Waals surface area (Å²) in [5, 5.41) is 0. The number of rotatable bonds is 4. The van der Waals surface area contributed by atoms with Crippen LogP contribution in [0, 0.1) is 6.92 Å². The molecule has 3 aromatic rings. The van der Waals surface area contributed by atoms with Gasteiger partial charge in [0.15, 0.2) is 5.76 Å². The highest BCUT2D eigenvalue weighted by Crippen LogP contribution is 2.35. The summed E-state index contributed by atoms with van der Waals surface area (Å²) in [5.41, 5.74) is 3.69. The van der Waals surface area contributed by atoms with Gasteiger partial charge in [-0.25, -0.2) is 0 Å². The fourth-order valence-corrected chi connectivity index (χ4v) is 3.16. The number of Topliss-reactive ketones (excluding diaryl/α,β-unsaturated/α-hetero) is 1. The van der Waals surface area contributed by atoms with E-state index in [1.807, 2.05) is 55.5 Å². The van der Waals surface area contributed by atoms with Crippen molar-refractivity contribution in [3.05, 3.63) is 99.2 Å². The predicted molar refractivity (Wildman–Crippen MR) is 109 cm³/mol. The van der Waals surface area contributed by atoms with E-state index in [0.717, 1.165) is 21.2 Å². The van der Waals surface area contributed by atoms with Crippen molar-refractivity contribution in [2.75, 3.05) is 0 Å². The molecular formula is C23H17BrO3. The summed E-state index contributed by atoms with van der Waals surface area (Å²) in [6, 6.07) is 21.2. The van der Waals surface area contributed by atoms with Gasteiger partial charge in [-0.3, -0.25) is 4.79 Å². The molecule has 0 radical (unpaired) electrons. The third kappa shape index (κ3) is 3.81. The average Bonchev–Trinajstić information content (AvgIpc) is 2.98. The zero-order chi connectivity index (χ0) is 18.8. The lowest BCUT2D eigenvalue weighted by Crippen LogP contribution is -1.98. The quantitative estimate of drug-likeness (QED) is 0.488. The molecule has 0 aliphatic carbocycles. The Bertz CT molecular complexity index is 1040. The lowest BCUT2D eigenvalue weighted by Gasteiger charge is -2.07. The van der Waals surface area contributed by atoms with Crippen molar-refractivity contribution in [1.29, 1.82) is 0 Å². The Morgan fingerprint density at radius 3 is 2.59 bits per heavy atom. The van der Waals surface area contributed by atoms with Crippen molar-refractivity contribution >= 4 is 27.8 Å². The maximum Gasteiger partial charge on any atom is 0.231 e. The van der Waals surface area contributed by atoms with Crippen LogP contribution in [-0.2, 0) is 6.61 Å². The molecule has 27 heavy (non-hydrogen) atoms. The van der Waals surface area contributed by atoms with Crippen LogP contribution in [0.2, 0.25) is 0 Å². The third-order valence-electron chi connectivity index (χ3n) is 4.44. The van der Waals surface area contributed by atoms with Crippen LogP contribution in [0.15, 0.2) is 77.0 Å². The smallest absolute Gasteiger partial charge is 0.231 e. The number of allylic oxidation sites excluding steroid dienone is 1. The summed E-state index contributed by atoms with van der Waals surface area (Å²) >= 11 is 3.42. The van der Waals surface area contributed by atoms with Crippen LogP contribution >= 0.6 is 15.9 Å². The second-order valence-corrected chi connectivity index (χ2v) is 7.29. The van der Waals surface area contributed by atoms with Crippen molar-refractivity contribution in [2.45, 2.75) is 13.5 Å². The Morgan fingerprint density at radius 2 is 1.81 bits per heavy atom. The number of fused-ring (bicyclic) bond motifs is 1. The molecular weight excluding hydrogens is 404 g/mol. The summed E-state index contributed by atoms with van der Waals surface area (Å²) in [5.74, 6) is 1.44. The van der Waals surface area contributed by atoms with Gasteiger partial charge in [-0.15, -0.1) is 0 Å². The zero-order valence-corrected chi connectivity index (χ0v) is 16.3. The van der Waals surface area contributed by atoms with E-state index in [0.29, 0.717) is 29.4 Å². The minimum absolute atomic E-state index is 0.104. The van der Waals surface area contributed by atoms with Gasteiger partial charge in [0.2, 0.25) is 5.78 Å². The van der Waals surface area contributed by atoms with E-state index in [9.17, 15) is 4.79 Å². The lowest BCUT2D eigenvalue weighted by atomic mass is 10.1. The topological polar surface area (TPSA) is 35.5 Å². The number of benzene rings is 3. The van der Waals surface area contributed by atoms with E-state index in [2.05, 4.69) is 15.9 Å². The Morgan fingerprint density at radius 1 is 1.04 bits per heavy atom. The summed E-state index contributed by atoms with van der Waals surface area (Å²) in [7, 11) is 0. The van der Waals surface area contributed by atoms with Gasteiger partial charge in [-0.1, -0.05) is 52.3 Å². The van der Waals surface area contributed by atoms with Gasteiger partial charge in [-0.05, 0) is 54.0 Å². The lowest BCUT2D eigenvalue weighted by molar-refractivity contribution is 0.101. The first-order chi connectivity index (χ1) is 13.1. The second kappa shape index (κ2) is 7.41. The Labute approximate surface area is 166 Å². The molecule has 0 atom stereocenters. The van der Waals surface area contributed by atoms with Crippen LogP contribution in [0.3, 0.4) is 0 Å². The number of hydrogen-bond donors (Lipinski definition) is 0. The SMILES string of the molecule is Cc1ccccc1C=C1Oc2cc(OCc3ccc(Br)cc3)ccc2C1=O. The predicted octanol–water partition coefficient (Wildman–Crippen LogP) is 5.95. The summed E-state index contributed by atoms with van der Waals surface area (Å²) < 4.78 is 12.7. The molecule has 0 unspecified atom stereocenters. The van der Waals surface area contributed by atoms with E-state index in [-0.39, 0.29) is 5.78 Å². The summed E-state index contributed by atoms with van der Waals surface area (Å²) in [6.07, 6.45) is 1.79. The van der Waals surface area contributed by atoms with Gasteiger partial charge in [0.05, 0.1) is 5.56 Å². The number of carbonyl (C=O) groups is 1. The van der Waals surface area contributed by atoms with Gasteiger partial charge in [0.25, 0.3) is 0 Å². The maximum absolute atomic E-state index is 12.6. The number of ketones is 1. The number of aryl methyl sites for hydroxylation is 1. The van der Waals surface area contributed by atoms with E-state index < -0.39 is 0 Å². The molecule has 134 valence electrons. The van der Waals surface area contributed by atoms with Gasteiger partial charge >= 0.3 is 0 Å². The van der Waals surface area contributed by atoms with Crippen LogP contribution < -0.4 is 9.47 Å². The van der Waals surface area contributed by atoms with Crippen molar-refractivity contribution in [1.82, 2.24) is 0 Å². The fraction of sp³-hybridized carbons (Fsp3) is 0.0870. The Kier molecular flexibility index (Phi) is 4.82. The molecule has 0 saturated heterocycles. The number of hydrogen-bond acceptors (Lipinski definition) is 3. The minimum atomic E-state index is -0.104. The van der Waals surface area contributed by atoms with Crippen LogP contribution in [0.25, 0.3) is 6.08 Å². The molecule has 0 spiro atoms. The maximum atomic E-state index is 12.6. The molecule has 3 aromatic carbocycles. The monoisotopic (exact) mass is 420 g/mol. The van der Waals surface area contributed by atoms with Crippen molar-refractivity contribution < 1.29 is 14.3 Å². The molecule has 3 nitrogen and oxygen atoms in total. The highest BCUT2D eigenvalue weighted by atomic mass is 79.9. The van der Waals surface area contributed by atoms with Crippen LogP contribution in [-0.4, -0.2) is 5.78 Å². The first-order valence-electron chi connectivity index (χ1n) is 8.61. The molecule has 0 saturated carbocycles. The zero-order valence-electron chi connectivity index (χ0n) is 14.7. The molecule has 0 aromatic heterocycles. The van der Waals surface area contributed by atoms with Gasteiger partial charge in [-0.2, -0.15) is 0 Å². The molecule has 0 fully saturated rings. The normalized spacial score (nSPS) is 14.1.